The standard InChI is InChI=1S/C25H27F7N4O/c26-21-2-1-17(24(27,28)29)9-19(21)22-10-20(25(30,31)32)23(35-34-22)33-18-7-15-12-36(13-16(15)8-18)11-14-3-5-37-6-4-14/h1-2,9-10,14-16,18H,3-8,11-13H2,(H,33,35)/t15-,16+,18+. The van der Waals surface area contributed by atoms with E-state index in [9.17, 15) is 30.7 Å². The molecule has 0 unspecified atom stereocenters. The van der Waals surface area contributed by atoms with Gasteiger partial charge in [-0.25, -0.2) is 4.39 Å². The van der Waals surface area contributed by atoms with Crippen molar-refractivity contribution in [2.45, 2.75) is 44.1 Å². The molecule has 37 heavy (non-hydrogen) atoms. The van der Waals surface area contributed by atoms with Crippen LogP contribution >= 0.6 is 0 Å². The first-order chi connectivity index (χ1) is 17.5. The van der Waals surface area contributed by atoms with Gasteiger partial charge in [0.1, 0.15) is 11.4 Å². The van der Waals surface area contributed by atoms with Crippen LogP contribution < -0.4 is 5.32 Å². The summed E-state index contributed by atoms with van der Waals surface area (Å²) in [7, 11) is 0. The highest BCUT2D eigenvalue weighted by Crippen LogP contribution is 2.42. The Morgan fingerprint density at radius 2 is 1.59 bits per heavy atom. The minimum atomic E-state index is -4.86. The fourth-order valence-corrected chi connectivity index (χ4v) is 5.90. The van der Waals surface area contributed by atoms with Gasteiger partial charge in [-0.05, 0) is 67.7 Å². The Bertz CT molecular complexity index is 1100. The quantitative estimate of drug-likeness (QED) is 0.489. The number of hydrogen-bond donors (Lipinski definition) is 1. The number of alkyl halides is 6. The molecule has 0 spiro atoms. The number of nitrogens with one attached hydrogen (secondary N) is 1. The predicted octanol–water partition coefficient (Wildman–Crippen LogP) is 5.87. The van der Waals surface area contributed by atoms with Gasteiger partial charge in [-0.3, -0.25) is 0 Å². The van der Waals surface area contributed by atoms with E-state index < -0.39 is 46.4 Å². The monoisotopic (exact) mass is 532 g/mol. The van der Waals surface area contributed by atoms with Crippen LogP contribution in [0.1, 0.15) is 36.8 Å². The minimum Gasteiger partial charge on any atom is -0.381 e. The van der Waals surface area contributed by atoms with Crippen LogP contribution in [0, 0.1) is 23.6 Å². The normalized spacial score (nSPS) is 25.4. The molecule has 0 bridgehead atoms. The molecule has 1 aliphatic carbocycles. The third-order valence-electron chi connectivity index (χ3n) is 7.69. The second-order valence-corrected chi connectivity index (χ2v) is 10.3. The van der Waals surface area contributed by atoms with Crippen LogP contribution in [-0.2, 0) is 17.1 Å². The summed E-state index contributed by atoms with van der Waals surface area (Å²) in [6.07, 6.45) is -6.16. The number of nitrogens with zero attached hydrogens (tertiary/aromatic N) is 3. The van der Waals surface area contributed by atoms with E-state index in [0.29, 0.717) is 54.9 Å². The Morgan fingerprint density at radius 3 is 2.22 bits per heavy atom. The van der Waals surface area contributed by atoms with Gasteiger partial charge in [-0.1, -0.05) is 0 Å². The molecule has 0 amide bonds. The average molecular weight is 533 g/mol. The molecular weight excluding hydrogens is 505 g/mol. The SMILES string of the molecule is Fc1ccc(C(F)(F)F)cc1-c1cc(C(F)(F)F)c(N[C@H]2C[C@@H]3CN(CC4CCOCC4)C[C@@H]3C2)nn1. The fourth-order valence-electron chi connectivity index (χ4n) is 5.90. The number of anilines is 1. The lowest BCUT2D eigenvalue weighted by molar-refractivity contribution is -0.138. The molecule has 3 aliphatic rings. The number of fused-ring (bicyclic) bond motifs is 1. The number of benzene rings is 1. The summed E-state index contributed by atoms with van der Waals surface area (Å²) >= 11 is 0. The van der Waals surface area contributed by atoms with Crippen LogP contribution in [0.25, 0.3) is 11.3 Å². The van der Waals surface area contributed by atoms with Gasteiger partial charge in [0.2, 0.25) is 0 Å². The number of ether oxygens (including phenoxy) is 1. The second kappa shape index (κ2) is 10.0. The van der Waals surface area contributed by atoms with Crippen LogP contribution in [0.2, 0.25) is 0 Å². The van der Waals surface area contributed by atoms with E-state index in [-0.39, 0.29) is 6.04 Å². The molecule has 0 radical (unpaired) electrons. The molecule has 1 N–H and O–H groups in total. The van der Waals surface area contributed by atoms with Crippen molar-refractivity contribution in [2.75, 3.05) is 38.2 Å². The van der Waals surface area contributed by atoms with E-state index in [1.165, 1.54) is 0 Å². The van der Waals surface area contributed by atoms with Gasteiger partial charge < -0.3 is 15.0 Å². The van der Waals surface area contributed by atoms with Gasteiger partial charge in [0.25, 0.3) is 0 Å². The highest BCUT2D eigenvalue weighted by Gasteiger charge is 2.43. The molecule has 1 saturated carbocycles. The van der Waals surface area contributed by atoms with Gasteiger partial charge in [-0.2, -0.15) is 26.3 Å². The molecule has 1 aromatic carbocycles. The third kappa shape index (κ3) is 5.84. The van der Waals surface area contributed by atoms with Crippen molar-refractivity contribution in [2.24, 2.45) is 17.8 Å². The third-order valence-corrected chi connectivity index (χ3v) is 7.69. The van der Waals surface area contributed by atoms with Crippen molar-refractivity contribution in [3.63, 3.8) is 0 Å². The molecule has 3 fully saturated rings. The Morgan fingerprint density at radius 1 is 0.919 bits per heavy atom. The number of likely N-dealkylation sites (tertiary alicyclic amines) is 1. The second-order valence-electron chi connectivity index (χ2n) is 10.3. The highest BCUT2D eigenvalue weighted by molar-refractivity contribution is 5.64. The van der Waals surface area contributed by atoms with E-state index >= 15 is 0 Å². The highest BCUT2D eigenvalue weighted by atomic mass is 19.4. The zero-order chi connectivity index (χ0) is 26.4. The number of rotatable bonds is 5. The summed E-state index contributed by atoms with van der Waals surface area (Å²) in [5, 5.41) is 10.2. The van der Waals surface area contributed by atoms with Crippen LogP contribution in [0.15, 0.2) is 24.3 Å². The van der Waals surface area contributed by atoms with Crippen molar-refractivity contribution in [1.29, 1.82) is 0 Å². The molecule has 5 nitrogen and oxygen atoms in total. The molecular formula is C25H27F7N4O. The Kier molecular flexibility index (Phi) is 7.08. The van der Waals surface area contributed by atoms with E-state index in [1.54, 1.807) is 0 Å². The van der Waals surface area contributed by atoms with Crippen LogP contribution in [0.5, 0.6) is 0 Å². The van der Waals surface area contributed by atoms with Gasteiger partial charge in [0.05, 0.1) is 11.3 Å². The number of hydrogen-bond acceptors (Lipinski definition) is 5. The lowest BCUT2D eigenvalue weighted by Gasteiger charge is -2.28. The van der Waals surface area contributed by atoms with Gasteiger partial charge >= 0.3 is 12.4 Å². The molecule has 1 aromatic heterocycles. The molecule has 5 rings (SSSR count). The van der Waals surface area contributed by atoms with E-state index in [0.717, 1.165) is 45.7 Å². The topological polar surface area (TPSA) is 50.3 Å². The van der Waals surface area contributed by atoms with Crippen LogP contribution in [-0.4, -0.2) is 54.0 Å². The van der Waals surface area contributed by atoms with Crippen molar-refractivity contribution in [3.8, 4) is 11.3 Å². The average Bonchev–Trinajstić information content (AvgIpc) is 3.37. The fraction of sp³-hybridized carbons (Fsp3) is 0.600. The summed E-state index contributed by atoms with van der Waals surface area (Å²) in [4.78, 5) is 2.45. The van der Waals surface area contributed by atoms with Crippen molar-refractivity contribution in [1.82, 2.24) is 15.1 Å². The molecule has 2 aromatic rings. The Balaban J connectivity index is 1.29. The van der Waals surface area contributed by atoms with Gasteiger partial charge in [-0.15, -0.1) is 10.2 Å². The van der Waals surface area contributed by atoms with Crippen molar-refractivity contribution in [3.05, 3.63) is 41.2 Å². The molecule has 2 aliphatic heterocycles. The lowest BCUT2D eigenvalue weighted by Crippen LogP contribution is -2.32. The number of halogens is 7. The molecule has 2 saturated heterocycles. The summed E-state index contributed by atoms with van der Waals surface area (Å²) < 4.78 is 101. The summed E-state index contributed by atoms with van der Waals surface area (Å²) in [5.41, 5.74) is -3.69. The van der Waals surface area contributed by atoms with Crippen LogP contribution in [0.3, 0.4) is 0 Å². The summed E-state index contributed by atoms with van der Waals surface area (Å²) in [6, 6.07) is 1.85. The predicted molar refractivity (Wildman–Crippen MR) is 121 cm³/mol. The summed E-state index contributed by atoms with van der Waals surface area (Å²) in [6.45, 7) is 4.42. The minimum absolute atomic E-state index is 0.230. The molecule has 3 atom stereocenters. The maximum Gasteiger partial charge on any atom is 0.420 e. The first-order valence-corrected chi connectivity index (χ1v) is 12.4. The maximum absolute atomic E-state index is 14.3. The molecule has 3 heterocycles. The van der Waals surface area contributed by atoms with Gasteiger partial charge in [0, 0.05) is 44.5 Å². The zero-order valence-electron chi connectivity index (χ0n) is 19.9. The van der Waals surface area contributed by atoms with E-state index in [4.69, 9.17) is 4.74 Å². The van der Waals surface area contributed by atoms with Crippen LogP contribution in [0.4, 0.5) is 36.6 Å². The Hall–Kier alpha value is -2.47. The first-order valence-electron chi connectivity index (χ1n) is 12.4. The van der Waals surface area contributed by atoms with Crippen molar-refractivity contribution < 1.29 is 35.5 Å². The summed E-state index contributed by atoms with van der Waals surface area (Å²) in [5.74, 6) is -0.250. The molecule has 12 heteroatoms. The smallest absolute Gasteiger partial charge is 0.381 e. The molecule has 202 valence electrons. The van der Waals surface area contributed by atoms with Crippen molar-refractivity contribution >= 4 is 5.82 Å². The zero-order valence-corrected chi connectivity index (χ0v) is 19.9. The first kappa shape index (κ1) is 26.1. The van der Waals surface area contributed by atoms with E-state index in [2.05, 4.69) is 20.4 Å². The van der Waals surface area contributed by atoms with Gasteiger partial charge in [0.15, 0.2) is 5.82 Å². The number of aromatic nitrogens is 2. The largest absolute Gasteiger partial charge is 0.420 e. The maximum atomic E-state index is 14.3. The Labute approximate surface area is 209 Å². The van der Waals surface area contributed by atoms with E-state index in [1.807, 2.05) is 0 Å². The lowest BCUT2D eigenvalue weighted by atomic mass is 10.00.